The first kappa shape index (κ1) is 14.0. The minimum Gasteiger partial charge on any atom is -0.480 e. The monoisotopic (exact) mass is 267 g/mol. The number of aryl methyl sites for hydroxylation is 1. The number of aromatic nitrogens is 2. The maximum absolute atomic E-state index is 11.3. The van der Waals surface area contributed by atoms with E-state index in [1.807, 2.05) is 4.90 Å². The zero-order valence-corrected chi connectivity index (χ0v) is 11.3. The van der Waals surface area contributed by atoms with Crippen molar-refractivity contribution in [1.82, 2.24) is 15.0 Å². The first-order chi connectivity index (χ1) is 9.20. The lowest BCUT2D eigenvalue weighted by Crippen LogP contribution is -2.40. The van der Waals surface area contributed by atoms with E-state index in [2.05, 4.69) is 17.1 Å². The Morgan fingerprint density at radius 2 is 2.32 bits per heavy atom. The van der Waals surface area contributed by atoms with Crippen molar-refractivity contribution in [2.24, 2.45) is 0 Å². The Morgan fingerprint density at radius 1 is 1.47 bits per heavy atom. The molecule has 6 nitrogen and oxygen atoms in total. The summed E-state index contributed by atoms with van der Waals surface area (Å²) in [6.07, 6.45) is 5.53. The number of carbonyl (C=O) groups is 1. The van der Waals surface area contributed by atoms with Gasteiger partial charge in [0.25, 0.3) is 0 Å². The molecule has 1 aromatic rings. The van der Waals surface area contributed by atoms with Gasteiger partial charge in [0.1, 0.15) is 6.04 Å². The Labute approximate surface area is 112 Å². The summed E-state index contributed by atoms with van der Waals surface area (Å²) in [4.78, 5) is 17.6. The zero-order valence-electron chi connectivity index (χ0n) is 11.3. The Bertz CT molecular complexity index is 419. The number of likely N-dealkylation sites (tertiary alicyclic amines) is 1. The van der Waals surface area contributed by atoms with E-state index in [-0.39, 0.29) is 0 Å². The minimum atomic E-state index is -0.751. The molecule has 2 rings (SSSR count). The fraction of sp³-hybridized carbons (Fsp3) is 0.769. The molecule has 0 radical (unpaired) electrons. The van der Waals surface area contributed by atoms with Gasteiger partial charge in [0.15, 0.2) is 5.82 Å². The molecule has 1 unspecified atom stereocenters. The van der Waals surface area contributed by atoms with Crippen LogP contribution in [-0.2, 0) is 17.8 Å². The molecular formula is C13H21N3O3. The fourth-order valence-electron chi connectivity index (χ4n) is 2.49. The van der Waals surface area contributed by atoms with E-state index >= 15 is 0 Å². The van der Waals surface area contributed by atoms with Crippen LogP contribution in [0.5, 0.6) is 0 Å². The number of hydrogen-bond donors (Lipinski definition) is 1. The molecule has 2 heterocycles. The highest BCUT2D eigenvalue weighted by atomic mass is 16.5. The lowest BCUT2D eigenvalue weighted by Gasteiger charge is -2.24. The van der Waals surface area contributed by atoms with Crippen LogP contribution < -0.4 is 0 Å². The van der Waals surface area contributed by atoms with E-state index in [1.165, 1.54) is 0 Å². The molecule has 19 heavy (non-hydrogen) atoms. The predicted octanol–water partition coefficient (Wildman–Crippen LogP) is 1.85. The van der Waals surface area contributed by atoms with Crippen molar-refractivity contribution in [3.63, 3.8) is 0 Å². The third-order valence-corrected chi connectivity index (χ3v) is 3.47. The van der Waals surface area contributed by atoms with E-state index in [0.717, 1.165) is 38.6 Å². The molecule has 1 aromatic heterocycles. The van der Waals surface area contributed by atoms with Gasteiger partial charge in [-0.05, 0) is 25.8 Å². The fourth-order valence-corrected chi connectivity index (χ4v) is 2.49. The van der Waals surface area contributed by atoms with E-state index in [1.54, 1.807) is 0 Å². The minimum absolute atomic E-state index is 0.421. The standard InChI is InChI=1S/C13H21N3O3/c1-2-6-12-14-11(15-19-12)9-16-8-5-3-4-7-10(16)13(17)18/h10H,2-9H2,1H3,(H,17,18). The van der Waals surface area contributed by atoms with E-state index < -0.39 is 12.0 Å². The van der Waals surface area contributed by atoms with Crippen molar-refractivity contribution in [2.45, 2.75) is 58.0 Å². The molecular weight excluding hydrogens is 246 g/mol. The summed E-state index contributed by atoms with van der Waals surface area (Å²) in [5.74, 6) is 0.481. The normalized spacial score (nSPS) is 21.2. The summed E-state index contributed by atoms with van der Waals surface area (Å²) in [6.45, 7) is 3.30. The van der Waals surface area contributed by atoms with Gasteiger partial charge in [-0.3, -0.25) is 9.69 Å². The van der Waals surface area contributed by atoms with Crippen molar-refractivity contribution in [3.05, 3.63) is 11.7 Å². The van der Waals surface area contributed by atoms with Gasteiger partial charge in [0, 0.05) is 6.42 Å². The van der Waals surface area contributed by atoms with Gasteiger partial charge >= 0.3 is 5.97 Å². The van der Waals surface area contributed by atoms with Crippen molar-refractivity contribution < 1.29 is 14.4 Å². The lowest BCUT2D eigenvalue weighted by molar-refractivity contribution is -0.143. The lowest BCUT2D eigenvalue weighted by atomic mass is 10.1. The molecule has 0 amide bonds. The van der Waals surface area contributed by atoms with Crippen LogP contribution >= 0.6 is 0 Å². The molecule has 1 atom stereocenters. The van der Waals surface area contributed by atoms with Crippen LogP contribution in [0.3, 0.4) is 0 Å². The van der Waals surface area contributed by atoms with Gasteiger partial charge in [0.2, 0.25) is 5.89 Å². The smallest absolute Gasteiger partial charge is 0.320 e. The second-order valence-electron chi connectivity index (χ2n) is 5.03. The molecule has 0 saturated carbocycles. The van der Waals surface area contributed by atoms with Gasteiger partial charge in [-0.15, -0.1) is 0 Å². The summed E-state index contributed by atoms with van der Waals surface area (Å²) < 4.78 is 5.14. The highest BCUT2D eigenvalue weighted by Crippen LogP contribution is 2.19. The molecule has 0 spiro atoms. The van der Waals surface area contributed by atoms with Crippen LogP contribution in [0.1, 0.15) is 50.7 Å². The van der Waals surface area contributed by atoms with Crippen LogP contribution in [0.2, 0.25) is 0 Å². The molecule has 0 bridgehead atoms. The number of hydrogen-bond acceptors (Lipinski definition) is 5. The molecule has 6 heteroatoms. The molecule has 0 aromatic carbocycles. The highest BCUT2D eigenvalue weighted by Gasteiger charge is 2.28. The molecule has 1 fully saturated rings. The summed E-state index contributed by atoms with van der Waals surface area (Å²) in [7, 11) is 0. The average Bonchev–Trinajstić information content (AvgIpc) is 2.67. The van der Waals surface area contributed by atoms with Gasteiger partial charge in [-0.25, -0.2) is 0 Å². The maximum atomic E-state index is 11.3. The van der Waals surface area contributed by atoms with Crippen molar-refractivity contribution in [2.75, 3.05) is 6.54 Å². The van der Waals surface area contributed by atoms with Crippen molar-refractivity contribution in [3.8, 4) is 0 Å². The Hall–Kier alpha value is -1.43. The summed E-state index contributed by atoms with van der Waals surface area (Å²) >= 11 is 0. The quantitative estimate of drug-likeness (QED) is 0.877. The van der Waals surface area contributed by atoms with Gasteiger partial charge in [-0.1, -0.05) is 24.9 Å². The van der Waals surface area contributed by atoms with Crippen LogP contribution in [-0.4, -0.2) is 38.7 Å². The van der Waals surface area contributed by atoms with Gasteiger partial charge in [-0.2, -0.15) is 4.98 Å². The first-order valence-electron chi connectivity index (χ1n) is 6.99. The number of rotatable bonds is 5. The molecule has 106 valence electrons. The van der Waals surface area contributed by atoms with Gasteiger partial charge in [0.05, 0.1) is 6.54 Å². The maximum Gasteiger partial charge on any atom is 0.320 e. The Kier molecular flexibility index (Phi) is 4.90. The largest absolute Gasteiger partial charge is 0.480 e. The Morgan fingerprint density at radius 3 is 3.05 bits per heavy atom. The predicted molar refractivity (Wildman–Crippen MR) is 68.6 cm³/mol. The average molecular weight is 267 g/mol. The van der Waals surface area contributed by atoms with Crippen LogP contribution in [0.15, 0.2) is 4.52 Å². The number of aliphatic carboxylic acids is 1. The molecule has 1 aliphatic rings. The van der Waals surface area contributed by atoms with Gasteiger partial charge < -0.3 is 9.63 Å². The molecule has 1 saturated heterocycles. The summed E-state index contributed by atoms with van der Waals surface area (Å²) in [5.41, 5.74) is 0. The topological polar surface area (TPSA) is 79.5 Å². The highest BCUT2D eigenvalue weighted by molar-refractivity contribution is 5.73. The third kappa shape index (κ3) is 3.76. The molecule has 1 N–H and O–H groups in total. The van der Waals surface area contributed by atoms with Crippen molar-refractivity contribution in [1.29, 1.82) is 0 Å². The number of carboxylic acids is 1. The second kappa shape index (κ2) is 6.65. The third-order valence-electron chi connectivity index (χ3n) is 3.47. The molecule has 1 aliphatic heterocycles. The van der Waals surface area contributed by atoms with Crippen LogP contribution in [0.25, 0.3) is 0 Å². The summed E-state index contributed by atoms with van der Waals surface area (Å²) in [5, 5.41) is 13.2. The van der Waals surface area contributed by atoms with E-state index in [0.29, 0.717) is 24.7 Å². The van der Waals surface area contributed by atoms with E-state index in [4.69, 9.17) is 4.52 Å². The second-order valence-corrected chi connectivity index (χ2v) is 5.03. The van der Waals surface area contributed by atoms with Crippen LogP contribution in [0.4, 0.5) is 0 Å². The summed E-state index contributed by atoms with van der Waals surface area (Å²) in [6, 6.07) is -0.421. The Balaban J connectivity index is 2.02. The number of nitrogens with zero attached hydrogens (tertiary/aromatic N) is 3. The SMILES string of the molecule is CCCc1nc(CN2CCCCCC2C(=O)O)no1. The zero-order chi connectivity index (χ0) is 13.7. The van der Waals surface area contributed by atoms with E-state index in [9.17, 15) is 9.90 Å². The number of carboxylic acid groups (broad SMARTS) is 1. The first-order valence-corrected chi connectivity index (χ1v) is 6.99. The molecule has 0 aliphatic carbocycles. The van der Waals surface area contributed by atoms with Crippen LogP contribution in [0, 0.1) is 0 Å². The van der Waals surface area contributed by atoms with Crippen molar-refractivity contribution >= 4 is 5.97 Å².